The quantitative estimate of drug-likeness (QED) is 0.841. The first kappa shape index (κ1) is 11.5. The van der Waals surface area contributed by atoms with E-state index in [0.29, 0.717) is 12.1 Å². The van der Waals surface area contributed by atoms with Crippen LogP contribution in [0.1, 0.15) is 28.1 Å². The number of nitrogens with zero attached hydrogens (tertiary/aromatic N) is 1. The third kappa shape index (κ3) is 2.99. The van der Waals surface area contributed by atoms with Crippen LogP contribution in [0.5, 0.6) is 0 Å². The largest absolute Gasteiger partial charge is 0.382 e. The molecule has 0 aromatic heterocycles. The zero-order valence-corrected chi connectivity index (χ0v) is 10.3. The van der Waals surface area contributed by atoms with Gasteiger partial charge in [-0.1, -0.05) is 18.2 Å². The van der Waals surface area contributed by atoms with Crippen LogP contribution in [0.3, 0.4) is 0 Å². The lowest BCUT2D eigenvalue weighted by atomic mass is 10.0. The molecule has 16 heavy (non-hydrogen) atoms. The van der Waals surface area contributed by atoms with Crippen LogP contribution in [0.4, 0.5) is 5.69 Å². The summed E-state index contributed by atoms with van der Waals surface area (Å²) in [6.07, 6.45) is 2.51. The van der Waals surface area contributed by atoms with E-state index in [1.54, 1.807) is 0 Å². The molecular formula is C14H24N2. The van der Waals surface area contributed by atoms with Crippen molar-refractivity contribution in [3.8, 4) is 0 Å². The van der Waals surface area contributed by atoms with Gasteiger partial charge in [-0.15, -0.1) is 0 Å². The van der Waals surface area contributed by atoms with E-state index in [9.17, 15) is 0 Å². The van der Waals surface area contributed by atoms with Gasteiger partial charge in [0.15, 0.2) is 0 Å². The van der Waals surface area contributed by atoms with Crippen LogP contribution in [-0.4, -0.2) is 30.1 Å². The normalized spacial score (nSPS) is 18.9. The van der Waals surface area contributed by atoms with Gasteiger partial charge >= 0.3 is 0 Å². The Labute approximate surface area is 100 Å². The smallest absolute Gasteiger partial charge is 0.0342 e. The van der Waals surface area contributed by atoms with Gasteiger partial charge in [0.2, 0.25) is 0 Å². The first-order chi connectivity index (χ1) is 7.75. The van der Waals surface area contributed by atoms with Crippen molar-refractivity contribution in [2.45, 2.75) is 38.8 Å². The number of benzene rings is 1. The number of hydrogen-bond acceptors (Lipinski definition) is 2. The molecule has 1 aromatic carbocycles. The molecule has 0 aliphatic carbocycles. The number of rotatable bonds is 3. The molecule has 1 N–H and O–H groups in total. The maximum atomic E-state index is 3.61. The molecule has 1 aromatic rings. The maximum absolute atomic E-state index is 3.61. The molecule has 0 unspecified atom stereocenters. The zero-order chi connectivity index (χ0) is 11.4. The maximum Gasteiger partial charge on any atom is 0.0342 e. The molecule has 1 aliphatic rings. The van der Waals surface area contributed by atoms with E-state index in [1.807, 2.05) is 0 Å². The minimum absolute atomic E-state index is 0. The number of para-hydroxylation sites is 1. The molecule has 0 spiro atoms. The van der Waals surface area contributed by atoms with Crippen molar-refractivity contribution in [2.75, 3.05) is 18.4 Å². The van der Waals surface area contributed by atoms with E-state index >= 15 is 0 Å². The molecule has 90 valence electrons. The summed E-state index contributed by atoms with van der Waals surface area (Å²) in [6, 6.07) is 11.9. The molecule has 2 rings (SSSR count). The fourth-order valence-electron chi connectivity index (χ4n) is 2.33. The van der Waals surface area contributed by atoms with Gasteiger partial charge in [0.05, 0.1) is 0 Å². The van der Waals surface area contributed by atoms with Crippen LogP contribution in [-0.2, 0) is 0 Å². The lowest BCUT2D eigenvalue weighted by molar-refractivity contribution is 0.177. The van der Waals surface area contributed by atoms with Gasteiger partial charge in [0.25, 0.3) is 0 Å². The summed E-state index contributed by atoms with van der Waals surface area (Å²) in [7, 11) is 0. The zero-order valence-electron chi connectivity index (χ0n) is 10.3. The second kappa shape index (κ2) is 5.35. The summed E-state index contributed by atoms with van der Waals surface area (Å²) < 4.78 is 0. The number of hydrogen-bond donors (Lipinski definition) is 1. The summed E-state index contributed by atoms with van der Waals surface area (Å²) >= 11 is 0. The Hall–Kier alpha value is -1.02. The number of anilines is 1. The highest BCUT2D eigenvalue weighted by molar-refractivity contribution is 5.43. The van der Waals surface area contributed by atoms with Gasteiger partial charge < -0.3 is 10.2 Å². The van der Waals surface area contributed by atoms with Gasteiger partial charge in [-0.2, -0.15) is 0 Å². The van der Waals surface area contributed by atoms with Crippen molar-refractivity contribution in [1.82, 2.24) is 4.90 Å². The number of piperidine rings is 1. The van der Waals surface area contributed by atoms with Crippen molar-refractivity contribution in [3.63, 3.8) is 0 Å². The lowest BCUT2D eigenvalue weighted by Crippen LogP contribution is -2.42. The Morgan fingerprint density at radius 2 is 1.81 bits per heavy atom. The molecule has 0 radical (unpaired) electrons. The monoisotopic (exact) mass is 220 g/mol. The molecule has 1 aliphatic heterocycles. The van der Waals surface area contributed by atoms with Crippen molar-refractivity contribution in [3.05, 3.63) is 30.3 Å². The van der Waals surface area contributed by atoms with E-state index in [-0.39, 0.29) is 1.43 Å². The van der Waals surface area contributed by atoms with E-state index in [1.165, 1.54) is 31.6 Å². The molecule has 2 heteroatoms. The second-order valence-electron chi connectivity index (χ2n) is 4.91. The van der Waals surface area contributed by atoms with Crippen LogP contribution in [0.15, 0.2) is 30.3 Å². The predicted octanol–water partition coefficient (Wildman–Crippen LogP) is 3.22. The van der Waals surface area contributed by atoms with Crippen molar-refractivity contribution in [1.29, 1.82) is 0 Å². The van der Waals surface area contributed by atoms with Gasteiger partial charge in [-0.05, 0) is 38.8 Å². The fraction of sp³-hybridized carbons (Fsp3) is 0.571. The Balaban J connectivity index is 0.00000144. The summed E-state index contributed by atoms with van der Waals surface area (Å²) in [4.78, 5) is 2.56. The molecule has 2 nitrogen and oxygen atoms in total. The molecule has 0 bridgehead atoms. The van der Waals surface area contributed by atoms with Gasteiger partial charge in [-0.25, -0.2) is 0 Å². The Morgan fingerprint density at radius 3 is 2.38 bits per heavy atom. The van der Waals surface area contributed by atoms with Crippen LogP contribution >= 0.6 is 0 Å². The Bertz CT molecular complexity index is 305. The molecule has 0 saturated carbocycles. The highest BCUT2D eigenvalue weighted by Crippen LogP contribution is 2.17. The highest BCUT2D eigenvalue weighted by Gasteiger charge is 2.20. The Morgan fingerprint density at radius 1 is 1.19 bits per heavy atom. The van der Waals surface area contributed by atoms with Crippen LogP contribution < -0.4 is 5.32 Å². The van der Waals surface area contributed by atoms with E-state index in [0.717, 1.165) is 0 Å². The summed E-state index contributed by atoms with van der Waals surface area (Å²) in [5, 5.41) is 3.61. The van der Waals surface area contributed by atoms with Crippen molar-refractivity contribution < 1.29 is 1.43 Å². The third-order valence-corrected chi connectivity index (χ3v) is 3.40. The van der Waals surface area contributed by atoms with E-state index in [4.69, 9.17) is 0 Å². The number of nitrogens with one attached hydrogen (secondary N) is 1. The first-order valence-corrected chi connectivity index (χ1v) is 6.31. The average Bonchev–Trinajstić information content (AvgIpc) is 2.31. The third-order valence-electron chi connectivity index (χ3n) is 3.40. The van der Waals surface area contributed by atoms with Gasteiger partial charge in [0.1, 0.15) is 0 Å². The highest BCUT2D eigenvalue weighted by atomic mass is 15.2. The molecule has 1 saturated heterocycles. The topological polar surface area (TPSA) is 15.3 Å². The van der Waals surface area contributed by atoms with Gasteiger partial charge in [0, 0.05) is 32.3 Å². The molecular weight excluding hydrogens is 196 g/mol. The molecule has 0 atom stereocenters. The molecule has 1 heterocycles. The van der Waals surface area contributed by atoms with E-state index in [2.05, 4.69) is 54.4 Å². The van der Waals surface area contributed by atoms with Crippen LogP contribution in [0.2, 0.25) is 0 Å². The minimum Gasteiger partial charge on any atom is -0.382 e. The van der Waals surface area contributed by atoms with E-state index < -0.39 is 0 Å². The molecule has 0 amide bonds. The summed E-state index contributed by atoms with van der Waals surface area (Å²) in [5.41, 5.74) is 1.26. The SMILES string of the molecule is CC(C)N1CCC(Nc2ccccc2)CC1.[HH]. The summed E-state index contributed by atoms with van der Waals surface area (Å²) in [5.74, 6) is 0. The van der Waals surface area contributed by atoms with Crippen molar-refractivity contribution >= 4 is 5.69 Å². The minimum atomic E-state index is 0. The van der Waals surface area contributed by atoms with Crippen molar-refractivity contribution in [2.24, 2.45) is 0 Å². The van der Waals surface area contributed by atoms with Crippen LogP contribution in [0, 0.1) is 0 Å². The predicted molar refractivity (Wildman–Crippen MR) is 71.9 cm³/mol. The standard InChI is InChI=1S/C14H22N2.H2/c1-12(2)16-10-8-14(9-11-16)15-13-6-4-3-5-7-13;/h3-7,12,14-15H,8-11H2,1-2H3;1H. The average molecular weight is 220 g/mol. The second-order valence-corrected chi connectivity index (χ2v) is 4.91. The number of likely N-dealkylation sites (tertiary alicyclic amines) is 1. The van der Waals surface area contributed by atoms with Gasteiger partial charge in [-0.3, -0.25) is 0 Å². The lowest BCUT2D eigenvalue weighted by Gasteiger charge is -2.35. The first-order valence-electron chi connectivity index (χ1n) is 6.31. The summed E-state index contributed by atoms with van der Waals surface area (Å²) in [6.45, 7) is 7.01. The van der Waals surface area contributed by atoms with Crippen LogP contribution in [0.25, 0.3) is 0 Å². The fourth-order valence-corrected chi connectivity index (χ4v) is 2.33. The molecule has 1 fully saturated rings. The Kier molecular flexibility index (Phi) is 3.83.